The normalized spacial score (nSPS) is 26.2. The molecule has 1 rings (SSSR count). The minimum absolute atomic E-state index is 0.349. The highest BCUT2D eigenvalue weighted by Crippen LogP contribution is 2.24. The largest absolute Gasteiger partial charge is 0.241 e. The van der Waals surface area contributed by atoms with Crippen LogP contribution in [0.3, 0.4) is 0 Å². The Kier molecular flexibility index (Phi) is 3.23. The molecule has 0 aromatic rings. The summed E-state index contributed by atoms with van der Waals surface area (Å²) in [6.07, 6.45) is -0.251. The van der Waals surface area contributed by atoms with Crippen LogP contribution in [0.15, 0.2) is 0 Å². The predicted molar refractivity (Wildman–Crippen MR) is 47.1 cm³/mol. The Hall–Kier alpha value is -0.230. The van der Waals surface area contributed by atoms with Crippen LogP contribution in [0.4, 0.5) is 8.78 Å². The van der Waals surface area contributed by atoms with E-state index in [1.807, 2.05) is 0 Å². The zero-order valence-corrected chi connectivity index (χ0v) is 8.32. The van der Waals surface area contributed by atoms with Gasteiger partial charge in [0.2, 0.25) is 6.43 Å². The first-order valence-corrected chi connectivity index (χ1v) is 6.10. The van der Waals surface area contributed by atoms with Gasteiger partial charge >= 0.3 is 0 Å². The number of nitrogens with one attached hydrogen (secondary N) is 1. The van der Waals surface area contributed by atoms with Gasteiger partial charge in [-0.1, -0.05) is 0 Å². The average molecular weight is 212 g/mol. The summed E-state index contributed by atoms with van der Waals surface area (Å²) in [6.45, 7) is 0.710. The first kappa shape index (κ1) is 10.8. The summed E-state index contributed by atoms with van der Waals surface area (Å²) >= 11 is 0. The molecule has 1 fully saturated rings. The summed E-state index contributed by atoms with van der Waals surface area (Å²) in [5, 5.41) is 0. The van der Waals surface area contributed by atoms with E-state index in [4.69, 9.17) is 4.78 Å². The van der Waals surface area contributed by atoms with Gasteiger partial charge in [0.1, 0.15) is 9.92 Å². The molecule has 1 aliphatic heterocycles. The average Bonchev–Trinajstić information content (AvgIpc) is 2.03. The monoisotopic (exact) mass is 212 g/mol. The van der Waals surface area contributed by atoms with E-state index in [9.17, 15) is 13.0 Å². The number of piperidine rings is 1. The van der Waals surface area contributed by atoms with Crippen LogP contribution in [0.2, 0.25) is 0 Å². The van der Waals surface area contributed by atoms with Crippen molar-refractivity contribution in [2.75, 3.05) is 19.3 Å². The maximum atomic E-state index is 12.2. The van der Waals surface area contributed by atoms with Crippen LogP contribution in [-0.2, 0) is 9.92 Å². The molecule has 0 aromatic heterocycles. The third-order valence-electron chi connectivity index (χ3n) is 2.35. The summed E-state index contributed by atoms with van der Waals surface area (Å²) in [5.41, 5.74) is 0. The van der Waals surface area contributed by atoms with E-state index < -0.39 is 22.3 Å². The van der Waals surface area contributed by atoms with Crippen molar-refractivity contribution in [1.82, 2.24) is 4.31 Å². The van der Waals surface area contributed by atoms with Crippen molar-refractivity contribution in [2.45, 2.75) is 19.3 Å². The molecule has 0 saturated carbocycles. The summed E-state index contributed by atoms with van der Waals surface area (Å²) in [4.78, 5) is 0. The first-order valence-electron chi connectivity index (χ1n) is 4.18. The van der Waals surface area contributed by atoms with Gasteiger partial charge in [0.05, 0.1) is 0 Å². The Morgan fingerprint density at radius 1 is 1.46 bits per heavy atom. The van der Waals surface area contributed by atoms with Gasteiger partial charge in [-0.2, -0.15) is 0 Å². The van der Waals surface area contributed by atoms with Crippen LogP contribution in [0.5, 0.6) is 0 Å². The molecule has 1 heterocycles. The summed E-state index contributed by atoms with van der Waals surface area (Å²) < 4.78 is 44.4. The predicted octanol–water partition coefficient (Wildman–Crippen LogP) is 1.56. The molecule has 78 valence electrons. The van der Waals surface area contributed by atoms with Crippen LogP contribution >= 0.6 is 0 Å². The number of alkyl halides is 2. The van der Waals surface area contributed by atoms with Crippen molar-refractivity contribution in [1.29, 1.82) is 4.78 Å². The Morgan fingerprint density at radius 2 is 1.92 bits per heavy atom. The molecule has 13 heavy (non-hydrogen) atoms. The van der Waals surface area contributed by atoms with E-state index in [1.54, 1.807) is 0 Å². The SMILES string of the molecule is CS(=N)(=O)N1CCC(C(F)F)CC1. The molecule has 6 heteroatoms. The van der Waals surface area contributed by atoms with E-state index in [2.05, 4.69) is 0 Å². The first-order chi connectivity index (χ1) is 5.91. The lowest BCUT2D eigenvalue weighted by Crippen LogP contribution is -2.38. The molecule has 0 bridgehead atoms. The second-order valence-electron chi connectivity index (χ2n) is 3.40. The molecular formula is C7H14F2N2OS. The number of rotatable bonds is 2. The summed E-state index contributed by atoms with van der Waals surface area (Å²) in [7, 11) is -2.69. The third-order valence-corrected chi connectivity index (χ3v) is 3.70. The van der Waals surface area contributed by atoms with Crippen LogP contribution in [0.1, 0.15) is 12.8 Å². The smallest absolute Gasteiger partial charge is 0.240 e. The maximum Gasteiger partial charge on any atom is 0.241 e. The molecule has 1 saturated heterocycles. The Bertz CT molecular complexity index is 258. The van der Waals surface area contributed by atoms with Crippen molar-refractivity contribution in [2.24, 2.45) is 5.92 Å². The van der Waals surface area contributed by atoms with Crippen LogP contribution in [0.25, 0.3) is 0 Å². The lowest BCUT2D eigenvalue weighted by molar-refractivity contribution is 0.0496. The summed E-state index contributed by atoms with van der Waals surface area (Å²) in [5.74, 6) is -0.571. The van der Waals surface area contributed by atoms with Gasteiger partial charge in [0, 0.05) is 25.3 Å². The lowest BCUT2D eigenvalue weighted by atomic mass is 9.99. The van der Waals surface area contributed by atoms with Crippen LogP contribution in [0, 0.1) is 10.7 Å². The molecular weight excluding hydrogens is 198 g/mol. The lowest BCUT2D eigenvalue weighted by Gasteiger charge is -2.30. The topological polar surface area (TPSA) is 44.2 Å². The maximum absolute atomic E-state index is 12.2. The fraction of sp³-hybridized carbons (Fsp3) is 1.00. The molecule has 1 N–H and O–H groups in total. The number of halogens is 2. The second kappa shape index (κ2) is 3.88. The molecule has 1 aliphatic rings. The number of hydrogen-bond acceptors (Lipinski definition) is 2. The number of hydrogen-bond donors (Lipinski definition) is 1. The molecule has 0 radical (unpaired) electrons. The zero-order chi connectivity index (χ0) is 10.1. The van der Waals surface area contributed by atoms with Gasteiger partial charge in [-0.15, -0.1) is 0 Å². The van der Waals surface area contributed by atoms with Gasteiger partial charge < -0.3 is 0 Å². The standard InChI is InChI=1S/C7H14F2N2OS/c1-13(10,12)11-4-2-6(3-5-11)7(8)9/h6-7,10H,2-5H2,1H3. The fourth-order valence-electron chi connectivity index (χ4n) is 1.48. The van der Waals surface area contributed by atoms with Crippen LogP contribution < -0.4 is 0 Å². The second-order valence-corrected chi connectivity index (χ2v) is 5.52. The molecule has 1 unspecified atom stereocenters. The zero-order valence-electron chi connectivity index (χ0n) is 7.50. The van der Waals surface area contributed by atoms with E-state index in [0.29, 0.717) is 25.9 Å². The van der Waals surface area contributed by atoms with Gasteiger partial charge in [0.15, 0.2) is 0 Å². The minimum atomic E-state index is -2.69. The van der Waals surface area contributed by atoms with Crippen molar-refractivity contribution in [3.05, 3.63) is 0 Å². The fourth-order valence-corrected chi connectivity index (χ4v) is 2.38. The summed E-state index contributed by atoms with van der Waals surface area (Å²) in [6, 6.07) is 0. The molecule has 1 atom stereocenters. The molecule has 0 aliphatic carbocycles. The minimum Gasteiger partial charge on any atom is -0.240 e. The highest BCUT2D eigenvalue weighted by Gasteiger charge is 2.28. The van der Waals surface area contributed by atoms with E-state index >= 15 is 0 Å². The highest BCUT2D eigenvalue weighted by molar-refractivity contribution is 7.89. The van der Waals surface area contributed by atoms with E-state index in [0.717, 1.165) is 0 Å². The van der Waals surface area contributed by atoms with Gasteiger partial charge in [0.25, 0.3) is 0 Å². The molecule has 3 nitrogen and oxygen atoms in total. The Morgan fingerprint density at radius 3 is 2.23 bits per heavy atom. The van der Waals surface area contributed by atoms with Crippen molar-refractivity contribution >= 4 is 9.92 Å². The van der Waals surface area contributed by atoms with Crippen molar-refractivity contribution in [3.8, 4) is 0 Å². The molecule has 0 aromatic carbocycles. The van der Waals surface area contributed by atoms with Crippen molar-refractivity contribution < 1.29 is 13.0 Å². The van der Waals surface area contributed by atoms with Gasteiger partial charge in [-0.25, -0.2) is 22.1 Å². The van der Waals surface area contributed by atoms with Gasteiger partial charge in [-0.3, -0.25) is 0 Å². The number of nitrogens with zero attached hydrogens (tertiary/aromatic N) is 1. The van der Waals surface area contributed by atoms with Gasteiger partial charge in [-0.05, 0) is 12.8 Å². The highest BCUT2D eigenvalue weighted by atomic mass is 32.2. The molecule has 0 amide bonds. The third kappa shape index (κ3) is 2.87. The van der Waals surface area contributed by atoms with E-state index in [-0.39, 0.29) is 0 Å². The molecule has 0 spiro atoms. The van der Waals surface area contributed by atoms with E-state index in [1.165, 1.54) is 10.6 Å². The Labute approximate surface area is 77.2 Å². The quantitative estimate of drug-likeness (QED) is 0.741. The Balaban J connectivity index is 2.49. The van der Waals surface area contributed by atoms with Crippen LogP contribution in [-0.4, -0.2) is 34.3 Å². The van der Waals surface area contributed by atoms with Crippen molar-refractivity contribution in [3.63, 3.8) is 0 Å².